The van der Waals surface area contributed by atoms with E-state index in [2.05, 4.69) is 73.1 Å². The van der Waals surface area contributed by atoms with Crippen LogP contribution in [0.5, 0.6) is 0 Å². The Balaban J connectivity index is 0.0000256. The Morgan fingerprint density at radius 2 is 1.17 bits per heavy atom. The molecule has 45 heteroatoms. The number of hydrogen-bond donors (Lipinski definition) is 18. The molecule has 21 N–H and O–H groups in total. The van der Waals surface area contributed by atoms with E-state index in [1.54, 1.807) is 74.8 Å². The summed E-state index contributed by atoms with van der Waals surface area (Å²) in [7, 11) is 5.05. The van der Waals surface area contributed by atoms with Crippen molar-refractivity contribution in [2.24, 2.45) is 29.0 Å². The summed E-state index contributed by atoms with van der Waals surface area (Å²) >= 11 is 0.654. The number of aromatic nitrogens is 4. The van der Waals surface area contributed by atoms with E-state index in [1.165, 1.54) is 46.7 Å². The maximum atomic E-state index is 15.7. The third-order valence-corrected chi connectivity index (χ3v) is 24.9. The highest BCUT2D eigenvalue weighted by Crippen LogP contribution is 2.32. The molecular weight excluding hydrogens is 1800 g/mol. The van der Waals surface area contributed by atoms with Crippen LogP contribution in [-0.4, -0.2) is 301 Å². The minimum absolute atomic E-state index is 0. The average Bonchev–Trinajstić information content (AvgIpc) is 1.79. The van der Waals surface area contributed by atoms with Crippen molar-refractivity contribution in [3.63, 3.8) is 0 Å². The number of primary amides is 2. The second-order valence-electron chi connectivity index (χ2n) is 34.7. The number of para-hydroxylation sites is 2. The zero-order valence-corrected chi connectivity index (χ0v) is 78.5. The Hall–Kier alpha value is -13.5. The maximum absolute atomic E-state index is 15.7. The van der Waals surface area contributed by atoms with Gasteiger partial charge in [0.2, 0.25) is 94.5 Å². The molecule has 2 saturated heterocycles. The summed E-state index contributed by atoms with van der Waals surface area (Å²) in [5.41, 5.74) is 18.1. The second kappa shape index (κ2) is 52.6. The van der Waals surface area contributed by atoms with E-state index in [-0.39, 0.29) is 96.2 Å². The Morgan fingerprint density at radius 1 is 0.591 bits per heavy atom. The van der Waals surface area contributed by atoms with Crippen LogP contribution in [-0.2, 0) is 113 Å². The van der Waals surface area contributed by atoms with Gasteiger partial charge in [0.25, 0.3) is 0 Å². The molecule has 0 aliphatic carbocycles. The normalized spacial score (nSPS) is 23.2. The number of ketones is 1. The van der Waals surface area contributed by atoms with Crippen molar-refractivity contribution < 1.29 is 99.8 Å². The Labute approximate surface area is 795 Å². The molecule has 5 heterocycles. The van der Waals surface area contributed by atoms with Gasteiger partial charge in [-0.1, -0.05) is 115 Å². The minimum atomic E-state index is -4.90. The van der Waals surface area contributed by atoms with Crippen LogP contribution in [0.15, 0.2) is 97.7 Å². The van der Waals surface area contributed by atoms with Gasteiger partial charge in [-0.25, -0.2) is 4.98 Å². The lowest BCUT2D eigenvalue weighted by Gasteiger charge is -2.36. The number of alkyl halides is 3. The van der Waals surface area contributed by atoms with Gasteiger partial charge >= 0.3 is 6.18 Å². The summed E-state index contributed by atoms with van der Waals surface area (Å²) in [6, 6.07) is -1.31. The highest BCUT2D eigenvalue weighted by atomic mass is 32.2. The lowest BCUT2D eigenvalue weighted by molar-refractivity contribution is -0.149. The third-order valence-electron chi connectivity index (χ3n) is 23.8. The van der Waals surface area contributed by atoms with Gasteiger partial charge in [0.05, 0.1) is 43.8 Å². The van der Waals surface area contributed by atoms with Gasteiger partial charge in [0, 0.05) is 125 Å². The number of nitrogens with zero attached hydrogens (tertiary/aromatic N) is 6. The molecule has 0 unspecified atom stereocenters. The largest absolute Gasteiger partial charge is 0.416 e. The number of aliphatic hydroxyl groups excluding tert-OH is 1. The SMILES string of the molecule is C.CCCC[C@H]1C(=O)N(C)[C@@H](CCCC)C(=O)N[C@@H](CCCNC(=N)N)C(=O)N[C@H](C(=O)NCC(N)=O)CSCC(=O)N[C@@H](Cc2cccc(C(F)(F)F)c2)C(=O)N(C)[C@@H](C)C(=O)N[C@@H](CC(N)=O)C(=O)N2CCC[C@H]2C(=O)N[C@@H](Cc2cnc[nH]2)C(=O)N[C@@H](CC(C)C)C(=O)N(C)CC(=O)C[C@@H](Cc2c[nH]c3ccccc23)C(=O)N[C@@H](CO)C(=O)N[C@@H](Cc2c[nH]c3ccccc23)C(=O)N1C. The summed E-state index contributed by atoms with van der Waals surface area (Å²) in [5, 5.41) is 46.2. The Morgan fingerprint density at radius 3 is 1.77 bits per heavy atom. The predicted octanol–water partition coefficient (Wildman–Crippen LogP) is 0.608. The van der Waals surface area contributed by atoms with Crippen LogP contribution < -0.4 is 70.4 Å². The fourth-order valence-corrected chi connectivity index (χ4v) is 17.2. The zero-order valence-electron chi connectivity index (χ0n) is 77.6. The van der Waals surface area contributed by atoms with E-state index < -0.39 is 247 Å². The van der Waals surface area contributed by atoms with E-state index in [1.807, 2.05) is 13.8 Å². The van der Waals surface area contributed by atoms with Gasteiger partial charge in [-0.05, 0) is 99.1 Å². The van der Waals surface area contributed by atoms with Crippen LogP contribution in [0.3, 0.4) is 0 Å². The number of likely N-dealkylation sites (N-methyl/N-ethyl adjacent to an activating group) is 4. The number of aliphatic hydroxyl groups is 1. The minimum Gasteiger partial charge on any atom is -0.394 e. The first-order valence-corrected chi connectivity index (χ1v) is 46.3. The number of imidazole rings is 1. The fourth-order valence-electron chi connectivity index (χ4n) is 16.3. The van der Waals surface area contributed by atoms with Crippen LogP contribution in [0, 0.1) is 17.2 Å². The molecule has 3 aromatic carbocycles. The molecule has 13 atom stereocenters. The average molecular weight is 1940 g/mol. The quantitative estimate of drug-likeness (QED) is 0.0201. The predicted molar refractivity (Wildman–Crippen MR) is 503 cm³/mol. The Bertz CT molecular complexity index is 5250. The number of aromatic amines is 3. The molecule has 6 aromatic rings. The molecule has 0 spiro atoms. The number of nitrogens with one attached hydrogen (secondary N) is 14. The number of guanidine groups is 1. The first kappa shape index (κ1) is 111. The number of nitrogens with two attached hydrogens (primary N) is 3. The first-order valence-electron chi connectivity index (χ1n) is 45.2. The van der Waals surface area contributed by atoms with Crippen LogP contribution >= 0.6 is 11.8 Å². The van der Waals surface area contributed by atoms with E-state index in [0.29, 0.717) is 76.1 Å². The highest BCUT2D eigenvalue weighted by Gasteiger charge is 2.45. The number of carbonyl (C=O) groups is 17. The van der Waals surface area contributed by atoms with Crippen molar-refractivity contribution >= 4 is 140 Å². The van der Waals surface area contributed by atoms with Crippen molar-refractivity contribution in [1.29, 1.82) is 5.41 Å². The molecule has 2 fully saturated rings. The van der Waals surface area contributed by atoms with Crippen LogP contribution in [0.1, 0.15) is 153 Å². The number of thioether (sulfide) groups is 1. The monoisotopic (exact) mass is 1930 g/mol. The standard InChI is InChI=1S/C91H126F3N23O18S.CH4/c1-10-12-28-71-83(129)106-63(27-19-31-100-90(97)98)80(126)112-70(79(125)103-44-75(96)121)47-136-48-76(122)105-66(35-52-21-18-22-56(34-52)91(92,93)94)86(132)114(7)51(5)77(123)108-68(40-74(95)120)88(134)117-32-20-30-72(117)84(130)107-64(39-57-43-99-49-104-57)81(127)109-65(33-50(3)4)85(131)113(6)45-58(119)37-53(36-54-41-101-61-25-16-14-23-59(54)61)78(124)111-69(46-118)82(128)110-67(38-55-42-102-62-26-17-15-24-60(55)62)87(133)116(9)73(29-13-11-2)89(135)115(71)8;/h14-18,21-26,34,41-43,49-51,53,63-73,101-102,118H,10-13,19-20,27-33,35-40,44-48H2,1-9H3,(H2,95,120)(H2,96,121)(H,99,104)(H,103,125)(H,105,122)(H,106,129)(H,107,130)(H,108,123)(H,109,127)(H,110,128)(H,111,124)(H,112,126)(H4,97,98,100);1H4/t51-,53+,63-,64-,65-,66-,67-,68-,69-,70-,71-,72-,73-;/m0./s1. The number of amides is 16. The van der Waals surface area contributed by atoms with Gasteiger partial charge in [-0.3, -0.25) is 86.9 Å². The van der Waals surface area contributed by atoms with Crippen molar-refractivity contribution in [3.05, 3.63) is 126 Å². The summed E-state index contributed by atoms with van der Waals surface area (Å²) in [6.07, 6.45) is -0.544. The smallest absolute Gasteiger partial charge is 0.394 e. The molecular formula is C92H130F3N23O18S. The zero-order chi connectivity index (χ0) is 99.9. The number of unbranched alkanes of at least 4 members (excludes halogenated alkanes) is 2. The third kappa shape index (κ3) is 32.1. The van der Waals surface area contributed by atoms with Crippen molar-refractivity contribution in [1.82, 2.24) is 97.6 Å². The lowest BCUT2D eigenvalue weighted by Crippen LogP contribution is -2.61. The summed E-state index contributed by atoms with van der Waals surface area (Å²) in [6.45, 7) is 5.61. The van der Waals surface area contributed by atoms with Crippen LogP contribution in [0.4, 0.5) is 13.2 Å². The number of carbonyl (C=O) groups excluding carboxylic acids is 17. The molecule has 2 aliphatic heterocycles. The molecule has 41 nitrogen and oxygen atoms in total. The van der Waals surface area contributed by atoms with Crippen LogP contribution in [0.25, 0.3) is 21.8 Å². The van der Waals surface area contributed by atoms with E-state index >= 15 is 24.0 Å². The number of H-pyrrole nitrogens is 3. The number of hydrogen-bond acceptors (Lipinski definition) is 21. The van der Waals surface area contributed by atoms with E-state index in [0.717, 1.165) is 49.7 Å². The second-order valence-corrected chi connectivity index (χ2v) is 35.7. The van der Waals surface area contributed by atoms with Crippen LogP contribution in [0.2, 0.25) is 0 Å². The number of rotatable bonds is 26. The van der Waals surface area contributed by atoms with Crippen molar-refractivity contribution in [3.8, 4) is 0 Å². The maximum Gasteiger partial charge on any atom is 0.416 e. The number of fused-ring (bicyclic) bond motifs is 3. The van der Waals surface area contributed by atoms with Gasteiger partial charge < -0.3 is 115 Å². The first-order chi connectivity index (χ1) is 64.5. The summed E-state index contributed by atoms with van der Waals surface area (Å²) in [5.74, 6) is -19.7. The van der Waals surface area contributed by atoms with Crippen molar-refractivity contribution in [2.75, 3.05) is 72.5 Å². The Kier molecular flexibility index (Phi) is 42.4. The van der Waals surface area contributed by atoms with E-state index in [4.69, 9.17) is 22.6 Å². The number of halogens is 3. The lowest BCUT2D eigenvalue weighted by atomic mass is 9.92. The van der Waals surface area contributed by atoms with Gasteiger partial charge in [0.15, 0.2) is 11.7 Å². The molecule has 0 saturated carbocycles. The number of benzene rings is 3. The van der Waals surface area contributed by atoms with E-state index in [9.17, 15) is 75.8 Å². The molecule has 16 amide bonds. The van der Waals surface area contributed by atoms with Gasteiger partial charge in [0.1, 0.15) is 72.5 Å². The molecule has 8 rings (SSSR count). The topological polar surface area (TPSA) is 609 Å². The molecule has 0 radical (unpaired) electrons. The van der Waals surface area contributed by atoms with Gasteiger partial charge in [-0.2, -0.15) is 13.2 Å². The van der Waals surface area contributed by atoms with Crippen molar-refractivity contribution in [2.45, 2.75) is 230 Å². The molecule has 0 bridgehead atoms. The summed E-state index contributed by atoms with van der Waals surface area (Å²) < 4.78 is 42.9. The van der Waals surface area contributed by atoms with Gasteiger partial charge in [-0.15, -0.1) is 11.8 Å². The summed E-state index contributed by atoms with van der Waals surface area (Å²) in [4.78, 5) is 267. The molecule has 748 valence electrons. The molecule has 3 aromatic heterocycles. The number of Topliss-reactive ketones (excluding diaryl/α,β-unsaturated/α-hetero) is 1. The fraction of sp³-hybridized carbons (Fsp3) is 0.533. The molecule has 2 aliphatic rings. The highest BCUT2D eigenvalue weighted by molar-refractivity contribution is 8.00. The molecule has 137 heavy (non-hydrogen) atoms.